The second kappa shape index (κ2) is 7.14. The molecule has 1 aromatic carbocycles. The smallest absolute Gasteiger partial charge is 0.411 e. The van der Waals surface area contributed by atoms with Gasteiger partial charge in [-0.2, -0.15) is 0 Å². The maximum Gasteiger partial charge on any atom is 0.411 e. The highest BCUT2D eigenvalue weighted by Gasteiger charge is 2.01. The number of anilines is 2. The predicted molar refractivity (Wildman–Crippen MR) is 80.3 cm³/mol. The summed E-state index contributed by atoms with van der Waals surface area (Å²) in [7, 11) is 0. The third kappa shape index (κ3) is 4.68. The summed E-state index contributed by atoms with van der Waals surface area (Å²) >= 11 is 0. The number of nitrogens with zero attached hydrogens (tertiary/aromatic N) is 1. The molecule has 21 heavy (non-hydrogen) atoms. The Bertz CT molecular complexity index is 582. The van der Waals surface area contributed by atoms with Gasteiger partial charge in [0.25, 0.3) is 0 Å². The molecule has 0 aliphatic heterocycles. The van der Waals surface area contributed by atoms with Gasteiger partial charge in [0, 0.05) is 11.4 Å². The van der Waals surface area contributed by atoms with Crippen molar-refractivity contribution in [3.8, 4) is 5.75 Å². The molecular formula is C15H17N3O3. The molecule has 0 aliphatic rings. The van der Waals surface area contributed by atoms with Gasteiger partial charge in [-0.05, 0) is 43.3 Å². The molecule has 1 aromatic heterocycles. The minimum Gasteiger partial charge on any atom is -0.506 e. The number of rotatable bonds is 5. The summed E-state index contributed by atoms with van der Waals surface area (Å²) in [5.41, 5.74) is 2.39. The number of hydrogen-bond donors (Lipinski definition) is 3. The van der Waals surface area contributed by atoms with Crippen LogP contribution >= 0.6 is 0 Å². The summed E-state index contributed by atoms with van der Waals surface area (Å²) in [6.45, 7) is 2.64. The molecule has 6 nitrogen and oxygen atoms in total. The van der Waals surface area contributed by atoms with Crippen molar-refractivity contribution in [2.75, 3.05) is 17.2 Å². The molecule has 0 saturated heterocycles. The molecule has 110 valence electrons. The van der Waals surface area contributed by atoms with Gasteiger partial charge in [-0.25, -0.2) is 4.79 Å². The Kier molecular flexibility index (Phi) is 4.98. The average Bonchev–Trinajstić information content (AvgIpc) is 2.48. The number of amides is 1. The number of aromatic nitrogens is 1. The van der Waals surface area contributed by atoms with Gasteiger partial charge in [0.15, 0.2) is 0 Å². The highest BCUT2D eigenvalue weighted by atomic mass is 16.5. The van der Waals surface area contributed by atoms with Crippen LogP contribution in [0.5, 0.6) is 5.75 Å². The minimum atomic E-state index is -0.466. The zero-order chi connectivity index (χ0) is 15.1. The Hall–Kier alpha value is -2.76. The van der Waals surface area contributed by atoms with Crippen LogP contribution in [0.15, 0.2) is 42.6 Å². The van der Waals surface area contributed by atoms with Crippen LogP contribution in [-0.2, 0) is 11.3 Å². The Balaban J connectivity index is 1.87. The van der Waals surface area contributed by atoms with Crippen LogP contribution in [0.2, 0.25) is 0 Å². The second-order valence-electron chi connectivity index (χ2n) is 4.28. The van der Waals surface area contributed by atoms with E-state index < -0.39 is 6.09 Å². The van der Waals surface area contributed by atoms with Gasteiger partial charge in [-0.15, -0.1) is 0 Å². The summed E-state index contributed by atoms with van der Waals surface area (Å²) < 4.78 is 4.80. The third-order valence-corrected chi connectivity index (χ3v) is 2.69. The molecule has 0 bridgehead atoms. The third-order valence-electron chi connectivity index (χ3n) is 2.69. The summed E-state index contributed by atoms with van der Waals surface area (Å²) in [6.07, 6.45) is 0.940. The Morgan fingerprint density at radius 2 is 1.90 bits per heavy atom. The number of ether oxygens (including phenoxy) is 1. The van der Waals surface area contributed by atoms with Gasteiger partial charge in [0.05, 0.1) is 25.0 Å². The predicted octanol–water partition coefficient (Wildman–Crippen LogP) is 2.97. The van der Waals surface area contributed by atoms with Crippen LogP contribution in [0.4, 0.5) is 16.2 Å². The number of aromatic hydroxyl groups is 1. The topological polar surface area (TPSA) is 83.5 Å². The number of benzene rings is 1. The first kappa shape index (κ1) is 14.6. The Labute approximate surface area is 122 Å². The Morgan fingerprint density at radius 1 is 1.19 bits per heavy atom. The normalized spacial score (nSPS) is 9.95. The first-order valence-electron chi connectivity index (χ1n) is 6.59. The van der Waals surface area contributed by atoms with Crippen LogP contribution in [0.25, 0.3) is 0 Å². The van der Waals surface area contributed by atoms with Crippen LogP contribution in [0.1, 0.15) is 12.6 Å². The fourth-order valence-corrected chi connectivity index (χ4v) is 1.67. The lowest BCUT2D eigenvalue weighted by atomic mass is 10.2. The summed E-state index contributed by atoms with van der Waals surface area (Å²) in [5, 5.41) is 15.0. The van der Waals surface area contributed by atoms with Crippen molar-refractivity contribution in [3.63, 3.8) is 0 Å². The standard InChI is InChI=1S/C15H17N3O3/c1-2-21-15(20)18-12-5-3-11(4-6-12)16-9-13-7-8-14(19)10-17-13/h3-8,10,16,19H,2,9H2,1H3,(H,18,20). The van der Waals surface area contributed by atoms with Gasteiger partial charge in [0.1, 0.15) is 5.75 Å². The maximum atomic E-state index is 11.3. The van der Waals surface area contributed by atoms with Crippen LogP contribution < -0.4 is 10.6 Å². The lowest BCUT2D eigenvalue weighted by Crippen LogP contribution is -2.13. The van der Waals surface area contributed by atoms with E-state index in [1.807, 2.05) is 12.1 Å². The zero-order valence-corrected chi connectivity index (χ0v) is 11.7. The summed E-state index contributed by atoms with van der Waals surface area (Å²) in [4.78, 5) is 15.3. The zero-order valence-electron chi connectivity index (χ0n) is 11.7. The van der Waals surface area contributed by atoms with Gasteiger partial charge >= 0.3 is 6.09 Å². The molecule has 6 heteroatoms. The van der Waals surface area contributed by atoms with Crippen molar-refractivity contribution in [1.29, 1.82) is 0 Å². The van der Waals surface area contributed by atoms with Crippen LogP contribution in [0.3, 0.4) is 0 Å². The highest BCUT2D eigenvalue weighted by molar-refractivity contribution is 5.84. The quantitative estimate of drug-likeness (QED) is 0.787. The number of carbonyl (C=O) groups is 1. The monoisotopic (exact) mass is 287 g/mol. The van der Waals surface area contributed by atoms with Crippen molar-refractivity contribution in [3.05, 3.63) is 48.3 Å². The first-order valence-corrected chi connectivity index (χ1v) is 6.59. The number of hydrogen-bond acceptors (Lipinski definition) is 5. The fourth-order valence-electron chi connectivity index (χ4n) is 1.67. The maximum absolute atomic E-state index is 11.3. The molecule has 1 amide bonds. The number of carbonyl (C=O) groups excluding carboxylic acids is 1. The van der Waals surface area contributed by atoms with E-state index in [0.717, 1.165) is 11.4 Å². The molecule has 0 aliphatic carbocycles. The molecule has 0 radical (unpaired) electrons. The van der Waals surface area contributed by atoms with E-state index in [4.69, 9.17) is 9.84 Å². The van der Waals surface area contributed by atoms with E-state index in [1.165, 1.54) is 6.20 Å². The van der Waals surface area contributed by atoms with Gasteiger partial charge in [-0.1, -0.05) is 0 Å². The summed E-state index contributed by atoms with van der Waals surface area (Å²) in [5.74, 6) is 0.146. The number of pyridine rings is 1. The molecule has 1 heterocycles. The largest absolute Gasteiger partial charge is 0.506 e. The second-order valence-corrected chi connectivity index (χ2v) is 4.28. The first-order chi connectivity index (χ1) is 10.2. The average molecular weight is 287 g/mol. The summed E-state index contributed by atoms with van der Waals surface area (Å²) in [6, 6.07) is 10.6. The highest BCUT2D eigenvalue weighted by Crippen LogP contribution is 2.15. The molecule has 3 N–H and O–H groups in total. The molecule has 2 rings (SSSR count). The molecule has 0 unspecified atom stereocenters. The van der Waals surface area contributed by atoms with Crippen molar-refractivity contribution < 1.29 is 14.6 Å². The van der Waals surface area contributed by atoms with E-state index in [0.29, 0.717) is 18.8 Å². The van der Waals surface area contributed by atoms with E-state index in [9.17, 15) is 4.79 Å². The molecular weight excluding hydrogens is 270 g/mol. The molecule has 0 spiro atoms. The van der Waals surface area contributed by atoms with E-state index in [1.54, 1.807) is 31.2 Å². The van der Waals surface area contributed by atoms with Crippen LogP contribution in [-0.4, -0.2) is 22.8 Å². The van der Waals surface area contributed by atoms with E-state index in [-0.39, 0.29) is 5.75 Å². The van der Waals surface area contributed by atoms with Crippen LogP contribution in [0, 0.1) is 0 Å². The van der Waals surface area contributed by atoms with E-state index >= 15 is 0 Å². The Morgan fingerprint density at radius 3 is 2.52 bits per heavy atom. The van der Waals surface area contributed by atoms with Gasteiger partial charge < -0.3 is 15.2 Å². The van der Waals surface area contributed by atoms with E-state index in [2.05, 4.69) is 15.6 Å². The van der Waals surface area contributed by atoms with Gasteiger partial charge in [0.2, 0.25) is 0 Å². The van der Waals surface area contributed by atoms with Gasteiger partial charge in [-0.3, -0.25) is 10.3 Å². The lowest BCUT2D eigenvalue weighted by molar-refractivity contribution is 0.168. The molecule has 0 fully saturated rings. The molecule has 0 saturated carbocycles. The lowest BCUT2D eigenvalue weighted by Gasteiger charge is -2.08. The van der Waals surface area contributed by atoms with Crippen molar-refractivity contribution in [2.24, 2.45) is 0 Å². The minimum absolute atomic E-state index is 0.146. The molecule has 2 aromatic rings. The van der Waals surface area contributed by atoms with Crippen molar-refractivity contribution >= 4 is 17.5 Å². The molecule has 0 atom stereocenters. The van der Waals surface area contributed by atoms with Crippen molar-refractivity contribution in [2.45, 2.75) is 13.5 Å². The number of nitrogens with one attached hydrogen (secondary N) is 2. The fraction of sp³-hybridized carbons (Fsp3) is 0.200. The van der Waals surface area contributed by atoms with Crippen molar-refractivity contribution in [1.82, 2.24) is 4.98 Å². The SMILES string of the molecule is CCOC(=O)Nc1ccc(NCc2ccc(O)cn2)cc1.